The molecule has 0 atom stereocenters. The van der Waals surface area contributed by atoms with Crippen molar-refractivity contribution < 1.29 is 0 Å². The number of benzene rings is 9. The van der Waals surface area contributed by atoms with Crippen LogP contribution < -0.4 is 0 Å². The van der Waals surface area contributed by atoms with Crippen LogP contribution in [0.1, 0.15) is 0 Å². The molecule has 0 unspecified atom stereocenters. The Morgan fingerprint density at radius 3 is 1.55 bits per heavy atom. The SMILES string of the molecule is c1cnc2c(c1)ccc1ccc(-c3ccc(-c4c5ccccc5c(-c5cc6sc7ccccc7c6c6ccccc56)c5ccccc45)c4ccccc34)nc12. The van der Waals surface area contributed by atoms with Crippen LogP contribution in [0.15, 0.2) is 182 Å². The van der Waals surface area contributed by atoms with E-state index in [2.05, 4.69) is 170 Å². The third kappa shape index (κ3) is 4.48. The monoisotopic (exact) mass is 714 g/mol. The van der Waals surface area contributed by atoms with Gasteiger partial charge in [-0.3, -0.25) is 4.98 Å². The van der Waals surface area contributed by atoms with Crippen molar-refractivity contribution in [3.8, 4) is 33.5 Å². The average Bonchev–Trinajstić information content (AvgIpc) is 3.64. The first-order valence-electron chi connectivity index (χ1n) is 18.7. The third-order valence-electron chi connectivity index (χ3n) is 11.5. The Kier molecular flexibility index (Phi) is 6.54. The average molecular weight is 715 g/mol. The van der Waals surface area contributed by atoms with E-state index in [0.717, 1.165) is 33.1 Å². The molecule has 2 nitrogen and oxygen atoms in total. The van der Waals surface area contributed by atoms with Crippen LogP contribution in [0.3, 0.4) is 0 Å². The molecule has 0 radical (unpaired) electrons. The molecular formula is C52H30N2S. The summed E-state index contributed by atoms with van der Waals surface area (Å²) in [5, 5.41) is 14.8. The van der Waals surface area contributed by atoms with E-state index in [4.69, 9.17) is 9.97 Å². The van der Waals surface area contributed by atoms with E-state index in [1.165, 1.54) is 85.5 Å². The van der Waals surface area contributed by atoms with Crippen LogP contribution in [0.4, 0.5) is 0 Å². The fraction of sp³-hybridized carbons (Fsp3) is 0. The van der Waals surface area contributed by atoms with E-state index in [1.54, 1.807) is 0 Å². The number of thiophene rings is 1. The van der Waals surface area contributed by atoms with Crippen LogP contribution in [0.5, 0.6) is 0 Å². The zero-order valence-electron chi connectivity index (χ0n) is 29.6. The number of hydrogen-bond donors (Lipinski definition) is 0. The molecule has 0 spiro atoms. The lowest BCUT2D eigenvalue weighted by molar-refractivity contribution is 1.37. The molecule has 254 valence electrons. The van der Waals surface area contributed by atoms with Crippen LogP contribution in [0.2, 0.25) is 0 Å². The zero-order chi connectivity index (χ0) is 36.0. The molecule has 0 fully saturated rings. The summed E-state index contributed by atoms with van der Waals surface area (Å²) in [6.45, 7) is 0. The summed E-state index contributed by atoms with van der Waals surface area (Å²) >= 11 is 1.89. The molecule has 12 aromatic rings. The maximum Gasteiger partial charge on any atom is 0.0972 e. The first-order valence-corrected chi connectivity index (χ1v) is 19.6. The van der Waals surface area contributed by atoms with Crippen molar-refractivity contribution in [3.05, 3.63) is 182 Å². The lowest BCUT2D eigenvalue weighted by Crippen LogP contribution is -1.94. The van der Waals surface area contributed by atoms with E-state index in [0.29, 0.717) is 0 Å². The Hall–Kier alpha value is -6.94. The summed E-state index contributed by atoms with van der Waals surface area (Å²) in [6, 6.07) is 64.3. The van der Waals surface area contributed by atoms with Crippen LogP contribution in [0.25, 0.3) is 119 Å². The lowest BCUT2D eigenvalue weighted by atomic mass is 9.83. The third-order valence-corrected chi connectivity index (χ3v) is 12.6. The Balaban J connectivity index is 1.14. The Morgan fingerprint density at radius 2 is 0.855 bits per heavy atom. The van der Waals surface area contributed by atoms with Gasteiger partial charge in [-0.05, 0) is 89.6 Å². The number of nitrogens with zero attached hydrogens (tertiary/aromatic N) is 2. The predicted octanol–water partition coefficient (Wildman–Crippen LogP) is 14.8. The van der Waals surface area contributed by atoms with E-state index in [-0.39, 0.29) is 0 Å². The number of pyridine rings is 2. The molecule has 12 rings (SSSR count). The van der Waals surface area contributed by atoms with E-state index in [9.17, 15) is 0 Å². The fourth-order valence-electron chi connectivity index (χ4n) is 9.12. The molecule has 0 aliphatic rings. The molecule has 0 saturated heterocycles. The summed E-state index contributed by atoms with van der Waals surface area (Å²) in [4.78, 5) is 10.00. The van der Waals surface area contributed by atoms with Crippen molar-refractivity contribution in [1.29, 1.82) is 0 Å². The van der Waals surface area contributed by atoms with Gasteiger partial charge in [0.15, 0.2) is 0 Å². The Morgan fingerprint density at radius 1 is 0.345 bits per heavy atom. The van der Waals surface area contributed by atoms with Crippen molar-refractivity contribution in [2.24, 2.45) is 0 Å². The van der Waals surface area contributed by atoms with E-state index >= 15 is 0 Å². The summed E-state index contributed by atoms with van der Waals surface area (Å²) in [6.07, 6.45) is 1.85. The molecule has 0 N–H and O–H groups in total. The van der Waals surface area contributed by atoms with Crippen LogP contribution in [0, 0.1) is 0 Å². The standard InChI is InChI=1S/C52H30N2S/c1-2-14-34-33(13-1)36(45-28-25-32-24-23-31-12-11-29-53-51(31)52(32)54-45)26-27-42(34)48-38-17-5-7-19-40(38)49(41-20-8-6-18-39(41)48)44-30-47-50(37-16-4-3-15-35(37)44)43-21-9-10-22-46(43)55-47/h1-30H. The molecule has 0 amide bonds. The predicted molar refractivity (Wildman–Crippen MR) is 236 cm³/mol. The quantitative estimate of drug-likeness (QED) is 0.134. The number of fused-ring (bicyclic) bond motifs is 11. The van der Waals surface area contributed by atoms with Crippen LogP contribution in [-0.4, -0.2) is 9.97 Å². The minimum Gasteiger partial charge on any atom is -0.254 e. The topological polar surface area (TPSA) is 25.8 Å². The first kappa shape index (κ1) is 30.5. The zero-order valence-corrected chi connectivity index (χ0v) is 30.4. The van der Waals surface area contributed by atoms with Crippen molar-refractivity contribution in [2.45, 2.75) is 0 Å². The van der Waals surface area contributed by atoms with Gasteiger partial charge < -0.3 is 0 Å². The largest absolute Gasteiger partial charge is 0.254 e. The van der Waals surface area contributed by atoms with Crippen LogP contribution in [-0.2, 0) is 0 Å². The lowest BCUT2D eigenvalue weighted by Gasteiger charge is -2.20. The maximum absolute atomic E-state index is 5.27. The Bertz CT molecular complexity index is 3500. The molecule has 0 saturated carbocycles. The summed E-state index contributed by atoms with van der Waals surface area (Å²) in [7, 11) is 0. The highest BCUT2D eigenvalue weighted by Gasteiger charge is 2.22. The van der Waals surface area contributed by atoms with Gasteiger partial charge in [0.1, 0.15) is 0 Å². The molecule has 3 heterocycles. The van der Waals surface area contributed by atoms with Gasteiger partial charge in [-0.2, -0.15) is 0 Å². The number of hydrogen-bond acceptors (Lipinski definition) is 3. The summed E-state index contributed by atoms with van der Waals surface area (Å²) < 4.78 is 2.64. The molecule has 9 aromatic carbocycles. The molecule has 0 aliphatic heterocycles. The number of rotatable bonds is 3. The van der Waals surface area contributed by atoms with Gasteiger partial charge in [0.2, 0.25) is 0 Å². The second-order valence-corrected chi connectivity index (χ2v) is 15.5. The van der Waals surface area contributed by atoms with E-state index in [1.807, 2.05) is 23.6 Å². The maximum atomic E-state index is 5.27. The number of aromatic nitrogens is 2. The van der Waals surface area contributed by atoms with Crippen molar-refractivity contribution in [3.63, 3.8) is 0 Å². The second kappa shape index (κ2) is 11.8. The first-order chi connectivity index (χ1) is 27.3. The van der Waals surface area contributed by atoms with Gasteiger partial charge in [0, 0.05) is 42.7 Å². The normalized spacial score (nSPS) is 12.0. The van der Waals surface area contributed by atoms with Gasteiger partial charge in [0.25, 0.3) is 0 Å². The smallest absolute Gasteiger partial charge is 0.0972 e. The highest BCUT2D eigenvalue weighted by atomic mass is 32.1. The van der Waals surface area contributed by atoms with Gasteiger partial charge in [0.05, 0.1) is 16.7 Å². The highest BCUT2D eigenvalue weighted by Crippen LogP contribution is 2.50. The molecule has 3 heteroatoms. The van der Waals surface area contributed by atoms with Gasteiger partial charge >= 0.3 is 0 Å². The molecule has 55 heavy (non-hydrogen) atoms. The molecule has 0 bridgehead atoms. The van der Waals surface area contributed by atoms with Crippen molar-refractivity contribution >= 4 is 96.4 Å². The minimum absolute atomic E-state index is 0.928. The van der Waals surface area contributed by atoms with Crippen LogP contribution >= 0.6 is 11.3 Å². The Labute approximate surface area is 320 Å². The molecule has 0 aliphatic carbocycles. The molecule has 3 aromatic heterocycles. The molecular weight excluding hydrogens is 685 g/mol. The van der Waals surface area contributed by atoms with Crippen molar-refractivity contribution in [1.82, 2.24) is 9.97 Å². The summed E-state index contributed by atoms with van der Waals surface area (Å²) in [5.41, 5.74) is 8.95. The summed E-state index contributed by atoms with van der Waals surface area (Å²) in [5.74, 6) is 0. The van der Waals surface area contributed by atoms with Gasteiger partial charge in [-0.15, -0.1) is 11.3 Å². The second-order valence-electron chi connectivity index (χ2n) is 14.4. The van der Waals surface area contributed by atoms with E-state index < -0.39 is 0 Å². The highest BCUT2D eigenvalue weighted by molar-refractivity contribution is 7.26. The minimum atomic E-state index is 0.928. The fourth-order valence-corrected chi connectivity index (χ4v) is 10.3. The van der Waals surface area contributed by atoms with Gasteiger partial charge in [-0.25, -0.2) is 4.98 Å². The van der Waals surface area contributed by atoms with Gasteiger partial charge in [-0.1, -0.05) is 152 Å². The van der Waals surface area contributed by atoms with Crippen molar-refractivity contribution in [2.75, 3.05) is 0 Å².